The van der Waals surface area contributed by atoms with E-state index in [1.165, 1.54) is 0 Å². The number of hydrogen-bond donors (Lipinski definition) is 0. The van der Waals surface area contributed by atoms with E-state index in [1.807, 2.05) is 19.1 Å². The maximum atomic E-state index is 10.9. The van der Waals surface area contributed by atoms with E-state index in [2.05, 4.69) is 0 Å². The SMILES string of the molecule is Cc1ccc(OC(C)(C)C([NH])=O)cc1. The standard InChI is InChI=1S/C11H14NO2/c1-8-4-6-9(7-5-8)14-11(2,3)10(12)13/h4-7,12H,1-3H3. The zero-order valence-corrected chi connectivity index (χ0v) is 8.63. The number of carbonyl (C=O) groups excluding carboxylic acids is 1. The van der Waals surface area contributed by atoms with E-state index < -0.39 is 11.5 Å². The van der Waals surface area contributed by atoms with Crippen molar-refractivity contribution in [1.82, 2.24) is 5.73 Å². The molecule has 0 saturated heterocycles. The fraction of sp³-hybridized carbons (Fsp3) is 0.364. The van der Waals surface area contributed by atoms with Crippen LogP contribution in [0.1, 0.15) is 19.4 Å². The predicted molar refractivity (Wildman–Crippen MR) is 54.0 cm³/mol. The Morgan fingerprint density at radius 3 is 2.21 bits per heavy atom. The minimum atomic E-state index is -1.07. The Bertz CT molecular complexity index is 328. The Labute approximate surface area is 83.9 Å². The van der Waals surface area contributed by atoms with Crippen molar-refractivity contribution in [3.05, 3.63) is 29.8 Å². The van der Waals surface area contributed by atoms with Gasteiger partial charge in [-0.15, -0.1) is 0 Å². The van der Waals surface area contributed by atoms with Gasteiger partial charge in [-0.3, -0.25) is 10.5 Å². The fourth-order valence-electron chi connectivity index (χ4n) is 0.947. The van der Waals surface area contributed by atoms with E-state index in [-0.39, 0.29) is 0 Å². The Kier molecular flexibility index (Phi) is 2.79. The third-order valence-corrected chi connectivity index (χ3v) is 1.94. The molecule has 0 saturated carbocycles. The average molecular weight is 192 g/mol. The van der Waals surface area contributed by atoms with Gasteiger partial charge in [0.15, 0.2) is 5.60 Å². The van der Waals surface area contributed by atoms with Gasteiger partial charge in [0.05, 0.1) is 0 Å². The van der Waals surface area contributed by atoms with Gasteiger partial charge in [0, 0.05) is 0 Å². The molecule has 0 bridgehead atoms. The van der Waals surface area contributed by atoms with Crippen LogP contribution in [0.25, 0.3) is 0 Å². The van der Waals surface area contributed by atoms with Crippen molar-refractivity contribution in [2.75, 3.05) is 0 Å². The maximum Gasteiger partial charge on any atom is 0.281 e. The number of aryl methyl sites for hydroxylation is 1. The molecule has 0 aromatic heterocycles. The smallest absolute Gasteiger partial charge is 0.281 e. The minimum absolute atomic E-state index is 0.612. The minimum Gasteiger partial charge on any atom is -0.478 e. The van der Waals surface area contributed by atoms with Crippen molar-refractivity contribution in [2.45, 2.75) is 26.4 Å². The molecule has 3 heteroatoms. The molecule has 1 radical (unpaired) electrons. The van der Waals surface area contributed by atoms with Crippen molar-refractivity contribution in [1.29, 1.82) is 0 Å². The zero-order valence-electron chi connectivity index (χ0n) is 8.63. The largest absolute Gasteiger partial charge is 0.478 e. The highest BCUT2D eigenvalue weighted by molar-refractivity contribution is 5.82. The first-order chi connectivity index (χ1) is 6.42. The summed E-state index contributed by atoms with van der Waals surface area (Å²) in [5, 5.41) is 0. The van der Waals surface area contributed by atoms with E-state index in [0.29, 0.717) is 5.75 Å². The van der Waals surface area contributed by atoms with Crippen LogP contribution in [0, 0.1) is 6.92 Å². The molecule has 0 fully saturated rings. The molecule has 1 aromatic rings. The van der Waals surface area contributed by atoms with Crippen LogP contribution in [0.5, 0.6) is 5.75 Å². The van der Waals surface area contributed by atoms with Crippen molar-refractivity contribution in [3.8, 4) is 5.75 Å². The summed E-state index contributed by atoms with van der Waals surface area (Å²) in [6.07, 6.45) is 0. The van der Waals surface area contributed by atoms with Crippen LogP contribution in [-0.2, 0) is 4.79 Å². The summed E-state index contributed by atoms with van der Waals surface area (Å²) in [7, 11) is 0. The number of rotatable bonds is 3. The van der Waals surface area contributed by atoms with E-state index in [0.717, 1.165) is 5.56 Å². The topological polar surface area (TPSA) is 50.1 Å². The molecule has 1 aromatic carbocycles. The Balaban J connectivity index is 2.79. The summed E-state index contributed by atoms with van der Waals surface area (Å²) in [6, 6.07) is 7.39. The summed E-state index contributed by atoms with van der Waals surface area (Å²) < 4.78 is 5.38. The Hall–Kier alpha value is -1.51. The van der Waals surface area contributed by atoms with Crippen LogP contribution in [0.3, 0.4) is 0 Å². The summed E-state index contributed by atoms with van der Waals surface area (Å²) in [4.78, 5) is 10.9. The highest BCUT2D eigenvalue weighted by Crippen LogP contribution is 2.18. The molecular formula is C11H14NO2. The van der Waals surface area contributed by atoms with Crippen LogP contribution in [0.4, 0.5) is 0 Å². The predicted octanol–water partition coefficient (Wildman–Crippen LogP) is 1.96. The summed E-state index contributed by atoms with van der Waals surface area (Å²) >= 11 is 0. The number of nitrogens with one attached hydrogen (secondary N) is 1. The van der Waals surface area contributed by atoms with E-state index in [9.17, 15) is 4.79 Å². The lowest BCUT2D eigenvalue weighted by Crippen LogP contribution is -2.38. The van der Waals surface area contributed by atoms with Gasteiger partial charge in [-0.1, -0.05) is 17.7 Å². The molecule has 0 aliphatic heterocycles. The molecule has 14 heavy (non-hydrogen) atoms. The molecule has 0 aliphatic carbocycles. The molecule has 3 nitrogen and oxygen atoms in total. The van der Waals surface area contributed by atoms with Crippen LogP contribution >= 0.6 is 0 Å². The second-order valence-corrected chi connectivity index (χ2v) is 3.75. The first-order valence-electron chi connectivity index (χ1n) is 4.43. The molecule has 0 heterocycles. The van der Waals surface area contributed by atoms with Gasteiger partial charge in [-0.25, -0.2) is 0 Å². The molecule has 1 N–H and O–H groups in total. The third kappa shape index (κ3) is 2.49. The van der Waals surface area contributed by atoms with Crippen LogP contribution in [-0.4, -0.2) is 11.5 Å². The molecular weight excluding hydrogens is 178 g/mol. The van der Waals surface area contributed by atoms with Gasteiger partial charge in [0.25, 0.3) is 5.91 Å². The van der Waals surface area contributed by atoms with Gasteiger partial charge in [0.1, 0.15) is 5.75 Å². The van der Waals surface area contributed by atoms with Gasteiger partial charge in [-0.2, -0.15) is 0 Å². The molecule has 1 rings (SSSR count). The van der Waals surface area contributed by atoms with Crippen LogP contribution in [0.15, 0.2) is 24.3 Å². The zero-order chi connectivity index (χ0) is 10.8. The summed E-state index contributed by atoms with van der Waals surface area (Å²) in [5.41, 5.74) is 7.07. The van der Waals surface area contributed by atoms with Gasteiger partial charge < -0.3 is 4.74 Å². The lowest BCUT2D eigenvalue weighted by molar-refractivity contribution is -0.131. The highest BCUT2D eigenvalue weighted by atomic mass is 16.5. The fourth-order valence-corrected chi connectivity index (χ4v) is 0.947. The van der Waals surface area contributed by atoms with E-state index in [1.54, 1.807) is 26.0 Å². The lowest BCUT2D eigenvalue weighted by Gasteiger charge is -2.21. The second kappa shape index (κ2) is 3.70. The molecule has 0 spiro atoms. The normalized spacial score (nSPS) is 11.1. The molecule has 0 unspecified atom stereocenters. The van der Waals surface area contributed by atoms with Crippen LogP contribution in [0.2, 0.25) is 0 Å². The number of ether oxygens (including phenoxy) is 1. The van der Waals surface area contributed by atoms with E-state index in [4.69, 9.17) is 10.5 Å². The monoisotopic (exact) mass is 192 g/mol. The molecule has 1 amide bonds. The first kappa shape index (κ1) is 10.6. The summed E-state index contributed by atoms with van der Waals surface area (Å²) in [5.74, 6) is -0.112. The van der Waals surface area contributed by atoms with Crippen molar-refractivity contribution in [3.63, 3.8) is 0 Å². The lowest BCUT2D eigenvalue weighted by atomic mass is 10.1. The number of carbonyl (C=O) groups is 1. The van der Waals surface area contributed by atoms with E-state index >= 15 is 0 Å². The van der Waals surface area contributed by atoms with Gasteiger partial charge in [0.2, 0.25) is 0 Å². The highest BCUT2D eigenvalue weighted by Gasteiger charge is 2.27. The first-order valence-corrected chi connectivity index (χ1v) is 4.43. The van der Waals surface area contributed by atoms with Crippen molar-refractivity contribution >= 4 is 5.91 Å². The quantitative estimate of drug-likeness (QED) is 0.735. The molecule has 0 aliphatic rings. The van der Waals surface area contributed by atoms with Crippen LogP contribution < -0.4 is 10.5 Å². The number of amides is 1. The molecule has 75 valence electrons. The Morgan fingerprint density at radius 1 is 1.29 bits per heavy atom. The number of hydrogen-bond acceptors (Lipinski definition) is 2. The molecule has 0 atom stereocenters. The van der Waals surface area contributed by atoms with Crippen molar-refractivity contribution < 1.29 is 9.53 Å². The average Bonchev–Trinajstić information content (AvgIpc) is 2.08. The second-order valence-electron chi connectivity index (χ2n) is 3.75. The van der Waals surface area contributed by atoms with Gasteiger partial charge in [-0.05, 0) is 32.9 Å². The summed E-state index contributed by atoms with van der Waals surface area (Å²) in [6.45, 7) is 5.15. The van der Waals surface area contributed by atoms with Gasteiger partial charge >= 0.3 is 0 Å². The third-order valence-electron chi connectivity index (χ3n) is 1.94. The van der Waals surface area contributed by atoms with Crippen molar-refractivity contribution in [2.24, 2.45) is 0 Å². The number of benzene rings is 1. The Morgan fingerprint density at radius 2 is 1.79 bits per heavy atom. The maximum absolute atomic E-state index is 10.9.